The quantitative estimate of drug-likeness (QED) is 0.781. The molecule has 0 radical (unpaired) electrons. The van der Waals surface area contributed by atoms with Crippen LogP contribution < -0.4 is 5.32 Å². The normalized spacial score (nSPS) is 14.7. The van der Waals surface area contributed by atoms with Crippen LogP contribution in [0.3, 0.4) is 0 Å². The number of imidazole rings is 1. The van der Waals surface area contributed by atoms with Crippen molar-refractivity contribution in [3.05, 3.63) is 11.9 Å². The molecule has 1 N–H and O–H groups in total. The fourth-order valence-electron chi connectivity index (χ4n) is 2.18. The van der Waals surface area contributed by atoms with Crippen molar-refractivity contribution < 1.29 is 4.74 Å². The van der Waals surface area contributed by atoms with Crippen LogP contribution in [-0.2, 0) is 4.74 Å². The van der Waals surface area contributed by atoms with E-state index >= 15 is 0 Å². The Hall–Kier alpha value is -1.03. The first-order valence-corrected chi connectivity index (χ1v) is 7.25. The SMILES string of the molecule is COCC(C)Nc1nc(C)cn1C(C)CCC(C)C. The highest BCUT2D eigenvalue weighted by Crippen LogP contribution is 2.22. The van der Waals surface area contributed by atoms with E-state index in [1.807, 2.05) is 6.92 Å². The highest BCUT2D eigenvalue weighted by Gasteiger charge is 2.14. The molecular weight excluding hydrogens is 238 g/mol. The Morgan fingerprint density at radius 1 is 1.26 bits per heavy atom. The number of aromatic nitrogens is 2. The van der Waals surface area contributed by atoms with Gasteiger partial charge in [0.05, 0.1) is 12.3 Å². The molecule has 0 spiro atoms. The summed E-state index contributed by atoms with van der Waals surface area (Å²) in [5, 5.41) is 3.43. The van der Waals surface area contributed by atoms with E-state index in [4.69, 9.17) is 4.74 Å². The first-order chi connectivity index (χ1) is 8.93. The topological polar surface area (TPSA) is 39.1 Å². The molecule has 0 aliphatic rings. The molecule has 4 heteroatoms. The third-order valence-corrected chi connectivity index (χ3v) is 3.28. The summed E-state index contributed by atoms with van der Waals surface area (Å²) in [5.41, 5.74) is 1.06. The van der Waals surface area contributed by atoms with Crippen LogP contribution in [0.15, 0.2) is 6.20 Å². The van der Waals surface area contributed by atoms with Gasteiger partial charge in [0, 0.05) is 25.4 Å². The van der Waals surface area contributed by atoms with Crippen LogP contribution in [0.4, 0.5) is 5.95 Å². The van der Waals surface area contributed by atoms with Gasteiger partial charge in [-0.1, -0.05) is 13.8 Å². The first-order valence-electron chi connectivity index (χ1n) is 7.25. The first kappa shape index (κ1) is 16.0. The van der Waals surface area contributed by atoms with Gasteiger partial charge in [-0.15, -0.1) is 0 Å². The fourth-order valence-corrected chi connectivity index (χ4v) is 2.18. The maximum absolute atomic E-state index is 5.16. The predicted octanol–water partition coefficient (Wildman–Crippen LogP) is 3.64. The molecule has 0 bridgehead atoms. The van der Waals surface area contributed by atoms with Gasteiger partial charge >= 0.3 is 0 Å². The minimum atomic E-state index is 0.267. The molecule has 0 saturated carbocycles. The predicted molar refractivity (Wildman–Crippen MR) is 80.7 cm³/mol. The van der Waals surface area contributed by atoms with Crippen molar-refractivity contribution in [1.29, 1.82) is 0 Å². The molecule has 1 aromatic heterocycles. The number of ether oxygens (including phenoxy) is 1. The molecule has 1 rings (SSSR count). The maximum Gasteiger partial charge on any atom is 0.203 e. The Balaban J connectivity index is 2.71. The minimum Gasteiger partial charge on any atom is -0.383 e. The van der Waals surface area contributed by atoms with Crippen LogP contribution in [0, 0.1) is 12.8 Å². The Morgan fingerprint density at radius 2 is 1.95 bits per heavy atom. The molecule has 0 aliphatic carbocycles. The van der Waals surface area contributed by atoms with Crippen LogP contribution in [0.25, 0.3) is 0 Å². The fraction of sp³-hybridized carbons (Fsp3) is 0.800. The number of nitrogens with zero attached hydrogens (tertiary/aromatic N) is 2. The van der Waals surface area contributed by atoms with Crippen LogP contribution >= 0.6 is 0 Å². The number of methoxy groups -OCH3 is 1. The van der Waals surface area contributed by atoms with Gasteiger partial charge < -0.3 is 14.6 Å². The van der Waals surface area contributed by atoms with Gasteiger partial charge in [0.1, 0.15) is 0 Å². The van der Waals surface area contributed by atoms with Crippen molar-refractivity contribution >= 4 is 5.95 Å². The molecule has 2 unspecified atom stereocenters. The summed E-state index contributed by atoms with van der Waals surface area (Å²) in [6.07, 6.45) is 4.55. The molecule has 0 saturated heterocycles. The monoisotopic (exact) mass is 267 g/mol. The third-order valence-electron chi connectivity index (χ3n) is 3.28. The summed E-state index contributed by atoms with van der Waals surface area (Å²) in [5.74, 6) is 1.70. The van der Waals surface area contributed by atoms with E-state index in [0.717, 1.165) is 17.6 Å². The summed E-state index contributed by atoms with van der Waals surface area (Å²) in [6.45, 7) is 11.6. The van der Waals surface area contributed by atoms with E-state index in [1.54, 1.807) is 7.11 Å². The third kappa shape index (κ3) is 5.23. The zero-order valence-corrected chi connectivity index (χ0v) is 13.2. The average Bonchev–Trinajstić information content (AvgIpc) is 2.67. The number of anilines is 1. The second kappa shape index (κ2) is 7.53. The Labute approximate surface area is 117 Å². The highest BCUT2D eigenvalue weighted by molar-refractivity contribution is 5.30. The molecule has 2 atom stereocenters. The summed E-state index contributed by atoms with van der Waals surface area (Å²) < 4.78 is 7.42. The summed E-state index contributed by atoms with van der Waals surface area (Å²) in [7, 11) is 1.72. The largest absolute Gasteiger partial charge is 0.383 e. The van der Waals surface area contributed by atoms with Crippen LogP contribution in [0.2, 0.25) is 0 Å². The number of hydrogen-bond acceptors (Lipinski definition) is 3. The molecular formula is C15H29N3O. The van der Waals surface area contributed by atoms with Gasteiger partial charge in [0.25, 0.3) is 0 Å². The Morgan fingerprint density at radius 3 is 2.53 bits per heavy atom. The van der Waals surface area contributed by atoms with Crippen molar-refractivity contribution in [2.24, 2.45) is 5.92 Å². The van der Waals surface area contributed by atoms with Gasteiger partial charge in [0.15, 0.2) is 0 Å². The lowest BCUT2D eigenvalue weighted by atomic mass is 10.0. The number of hydrogen-bond donors (Lipinski definition) is 1. The van der Waals surface area contributed by atoms with Gasteiger partial charge in [-0.3, -0.25) is 0 Å². The number of rotatable bonds is 8. The molecule has 0 aromatic carbocycles. The summed E-state index contributed by atoms with van der Waals surface area (Å²) in [4.78, 5) is 4.58. The van der Waals surface area contributed by atoms with Gasteiger partial charge in [-0.05, 0) is 39.5 Å². The van der Waals surface area contributed by atoms with Crippen molar-refractivity contribution in [3.63, 3.8) is 0 Å². The Kier molecular flexibility index (Phi) is 6.35. The van der Waals surface area contributed by atoms with Crippen molar-refractivity contribution in [2.45, 2.75) is 59.5 Å². The molecule has 19 heavy (non-hydrogen) atoms. The van der Waals surface area contributed by atoms with Crippen molar-refractivity contribution in [1.82, 2.24) is 9.55 Å². The lowest BCUT2D eigenvalue weighted by Crippen LogP contribution is -2.23. The van der Waals surface area contributed by atoms with Crippen molar-refractivity contribution in [2.75, 3.05) is 19.0 Å². The van der Waals surface area contributed by atoms with Gasteiger partial charge in [-0.2, -0.15) is 0 Å². The second-order valence-electron chi connectivity index (χ2n) is 5.93. The molecule has 0 amide bonds. The van der Waals surface area contributed by atoms with Crippen LogP contribution in [-0.4, -0.2) is 29.3 Å². The summed E-state index contributed by atoms with van der Waals surface area (Å²) in [6, 6.07) is 0.740. The van der Waals surface area contributed by atoms with E-state index in [9.17, 15) is 0 Å². The van der Waals surface area contributed by atoms with Gasteiger partial charge in [0.2, 0.25) is 5.95 Å². The molecule has 110 valence electrons. The minimum absolute atomic E-state index is 0.267. The highest BCUT2D eigenvalue weighted by atomic mass is 16.5. The van der Waals surface area contributed by atoms with E-state index in [2.05, 4.69) is 48.8 Å². The average molecular weight is 267 g/mol. The number of aryl methyl sites for hydroxylation is 1. The molecule has 0 aliphatic heterocycles. The smallest absolute Gasteiger partial charge is 0.203 e. The summed E-state index contributed by atoms with van der Waals surface area (Å²) >= 11 is 0. The Bertz CT molecular complexity index is 373. The van der Waals surface area contributed by atoms with Crippen LogP contribution in [0.5, 0.6) is 0 Å². The molecule has 0 fully saturated rings. The van der Waals surface area contributed by atoms with E-state index in [1.165, 1.54) is 12.8 Å². The lowest BCUT2D eigenvalue weighted by molar-refractivity contribution is 0.190. The van der Waals surface area contributed by atoms with Crippen LogP contribution in [0.1, 0.15) is 52.3 Å². The van der Waals surface area contributed by atoms with Gasteiger partial charge in [-0.25, -0.2) is 4.98 Å². The molecule has 1 aromatic rings. The molecule has 1 heterocycles. The second-order valence-corrected chi connectivity index (χ2v) is 5.93. The van der Waals surface area contributed by atoms with E-state index in [0.29, 0.717) is 12.6 Å². The van der Waals surface area contributed by atoms with E-state index < -0.39 is 0 Å². The van der Waals surface area contributed by atoms with Crippen molar-refractivity contribution in [3.8, 4) is 0 Å². The standard InChI is InChI=1S/C15H29N3O/c1-11(2)7-8-14(5)18-9-12(3)16-15(18)17-13(4)10-19-6/h9,11,13-14H,7-8,10H2,1-6H3,(H,16,17). The number of nitrogens with one attached hydrogen (secondary N) is 1. The molecule has 4 nitrogen and oxygen atoms in total. The lowest BCUT2D eigenvalue weighted by Gasteiger charge is -2.20. The zero-order chi connectivity index (χ0) is 14.4. The van der Waals surface area contributed by atoms with E-state index in [-0.39, 0.29) is 6.04 Å². The maximum atomic E-state index is 5.16. The zero-order valence-electron chi connectivity index (χ0n) is 13.2.